The van der Waals surface area contributed by atoms with Crippen LogP contribution in [0.25, 0.3) is 0 Å². The maximum atomic E-state index is 10.2. The molecule has 11 heavy (non-hydrogen) atoms. The van der Waals surface area contributed by atoms with Gasteiger partial charge in [0.15, 0.2) is 0 Å². The lowest BCUT2D eigenvalue weighted by molar-refractivity contribution is -0.140. The van der Waals surface area contributed by atoms with Crippen LogP contribution in [-0.2, 0) is 9.53 Å². The van der Waals surface area contributed by atoms with Crippen molar-refractivity contribution in [3.63, 3.8) is 0 Å². The highest BCUT2D eigenvalue weighted by atomic mass is 16.5. The first-order valence-corrected chi connectivity index (χ1v) is 3.93. The molecule has 3 nitrogen and oxygen atoms in total. The van der Waals surface area contributed by atoms with E-state index < -0.39 is 5.97 Å². The van der Waals surface area contributed by atoms with E-state index in [1.54, 1.807) is 6.92 Å². The summed E-state index contributed by atoms with van der Waals surface area (Å²) in [6.07, 6.45) is 0.987. The molecule has 66 valence electrons. The summed E-state index contributed by atoms with van der Waals surface area (Å²) in [5, 5.41) is 8.39. The average molecular weight is 160 g/mol. The van der Waals surface area contributed by atoms with Crippen LogP contribution in [0.3, 0.4) is 0 Å². The zero-order chi connectivity index (χ0) is 8.85. The third kappa shape index (κ3) is 5.85. The molecule has 0 saturated carbocycles. The minimum absolute atomic E-state index is 0.0876. The van der Waals surface area contributed by atoms with Crippen LogP contribution in [0.1, 0.15) is 33.6 Å². The second kappa shape index (κ2) is 5.13. The standard InChI is InChI=1S/C8H16O3/c1-4-6(2)11-7(3)5-8(9)10/h6-7H,4-5H2,1-3H3,(H,9,10)/t6?,7-/m0/s1. The van der Waals surface area contributed by atoms with Gasteiger partial charge in [0.25, 0.3) is 0 Å². The summed E-state index contributed by atoms with van der Waals surface area (Å²) in [5.74, 6) is -0.805. The first kappa shape index (κ1) is 10.4. The molecule has 0 radical (unpaired) electrons. The predicted molar refractivity (Wildman–Crippen MR) is 42.6 cm³/mol. The van der Waals surface area contributed by atoms with E-state index in [1.165, 1.54) is 0 Å². The molecule has 0 fully saturated rings. The summed E-state index contributed by atoms with van der Waals surface area (Å²) in [6.45, 7) is 5.73. The lowest BCUT2D eigenvalue weighted by atomic mass is 10.2. The number of carboxylic acid groups (broad SMARTS) is 1. The highest BCUT2D eigenvalue weighted by molar-refractivity contribution is 5.67. The molecule has 0 aliphatic carbocycles. The summed E-state index contributed by atoms with van der Waals surface area (Å²) >= 11 is 0. The third-order valence-electron chi connectivity index (χ3n) is 1.50. The molecule has 1 N–H and O–H groups in total. The maximum Gasteiger partial charge on any atom is 0.305 e. The third-order valence-corrected chi connectivity index (χ3v) is 1.50. The molecular formula is C8H16O3. The van der Waals surface area contributed by atoms with E-state index in [1.807, 2.05) is 13.8 Å². The molecule has 0 aliphatic heterocycles. The van der Waals surface area contributed by atoms with Crippen LogP contribution in [0.15, 0.2) is 0 Å². The van der Waals surface area contributed by atoms with Gasteiger partial charge in [0, 0.05) is 0 Å². The quantitative estimate of drug-likeness (QED) is 0.665. The monoisotopic (exact) mass is 160 g/mol. The van der Waals surface area contributed by atoms with Gasteiger partial charge in [-0.2, -0.15) is 0 Å². The van der Waals surface area contributed by atoms with Crippen molar-refractivity contribution in [2.45, 2.75) is 45.8 Å². The number of aliphatic carboxylic acids is 1. The van der Waals surface area contributed by atoms with Gasteiger partial charge in [0.1, 0.15) is 0 Å². The second-order valence-corrected chi connectivity index (χ2v) is 2.76. The van der Waals surface area contributed by atoms with Gasteiger partial charge in [-0.05, 0) is 20.3 Å². The molecule has 0 spiro atoms. The van der Waals surface area contributed by atoms with E-state index >= 15 is 0 Å². The van der Waals surface area contributed by atoms with E-state index in [4.69, 9.17) is 9.84 Å². The Labute approximate surface area is 67.4 Å². The predicted octanol–water partition coefficient (Wildman–Crippen LogP) is 1.66. The van der Waals surface area contributed by atoms with E-state index in [2.05, 4.69) is 0 Å². The Kier molecular flexibility index (Phi) is 4.86. The molecule has 1 unspecified atom stereocenters. The smallest absolute Gasteiger partial charge is 0.305 e. The van der Waals surface area contributed by atoms with Gasteiger partial charge in [0.2, 0.25) is 0 Å². The van der Waals surface area contributed by atoms with Crippen molar-refractivity contribution in [1.82, 2.24) is 0 Å². The fourth-order valence-electron chi connectivity index (χ4n) is 0.787. The van der Waals surface area contributed by atoms with Crippen LogP contribution in [0.2, 0.25) is 0 Å². The van der Waals surface area contributed by atoms with Crippen molar-refractivity contribution in [3.8, 4) is 0 Å². The SMILES string of the molecule is CCC(C)O[C@@H](C)CC(=O)O. The van der Waals surface area contributed by atoms with Crippen LogP contribution < -0.4 is 0 Å². The molecule has 0 aliphatic rings. The van der Waals surface area contributed by atoms with Crippen molar-refractivity contribution in [1.29, 1.82) is 0 Å². The summed E-state index contributed by atoms with van der Waals surface area (Å²) in [5.41, 5.74) is 0. The zero-order valence-electron chi connectivity index (χ0n) is 7.33. The zero-order valence-corrected chi connectivity index (χ0v) is 7.33. The first-order chi connectivity index (χ1) is 5.06. The molecule has 0 aromatic rings. The van der Waals surface area contributed by atoms with Crippen LogP contribution in [0.4, 0.5) is 0 Å². The summed E-state index contributed by atoms with van der Waals surface area (Å²) in [4.78, 5) is 10.2. The Bertz CT molecular complexity index is 123. The Morgan fingerprint density at radius 1 is 1.45 bits per heavy atom. The van der Waals surface area contributed by atoms with Crippen LogP contribution in [0, 0.1) is 0 Å². The highest BCUT2D eigenvalue weighted by Crippen LogP contribution is 2.04. The number of ether oxygens (including phenoxy) is 1. The molecule has 0 aromatic carbocycles. The summed E-state index contributed by atoms with van der Waals surface area (Å²) in [7, 11) is 0. The van der Waals surface area contributed by atoms with E-state index in [9.17, 15) is 4.79 Å². The lowest BCUT2D eigenvalue weighted by Gasteiger charge is -2.15. The van der Waals surface area contributed by atoms with Gasteiger partial charge < -0.3 is 9.84 Å². The van der Waals surface area contributed by atoms with Gasteiger partial charge in [-0.15, -0.1) is 0 Å². The molecule has 0 bridgehead atoms. The second-order valence-electron chi connectivity index (χ2n) is 2.76. The van der Waals surface area contributed by atoms with Gasteiger partial charge in [-0.1, -0.05) is 6.92 Å². The first-order valence-electron chi connectivity index (χ1n) is 3.93. The van der Waals surface area contributed by atoms with Gasteiger partial charge >= 0.3 is 5.97 Å². The van der Waals surface area contributed by atoms with Crippen molar-refractivity contribution >= 4 is 5.97 Å². The minimum Gasteiger partial charge on any atom is -0.481 e. The van der Waals surface area contributed by atoms with Gasteiger partial charge in [-0.25, -0.2) is 0 Å². The number of rotatable bonds is 5. The number of hydrogen-bond acceptors (Lipinski definition) is 2. The Morgan fingerprint density at radius 2 is 2.00 bits per heavy atom. The average Bonchev–Trinajstić information content (AvgIpc) is 1.85. The molecule has 0 rings (SSSR count). The molecule has 0 saturated heterocycles. The van der Waals surface area contributed by atoms with Gasteiger partial charge in [0.05, 0.1) is 18.6 Å². The summed E-state index contributed by atoms with van der Waals surface area (Å²) in [6, 6.07) is 0. The van der Waals surface area contributed by atoms with Crippen molar-refractivity contribution < 1.29 is 14.6 Å². The Balaban J connectivity index is 3.51. The van der Waals surface area contributed by atoms with Crippen LogP contribution in [-0.4, -0.2) is 23.3 Å². The molecule has 0 heterocycles. The molecule has 0 amide bonds. The van der Waals surface area contributed by atoms with Crippen molar-refractivity contribution in [2.24, 2.45) is 0 Å². The molecule has 2 atom stereocenters. The van der Waals surface area contributed by atoms with Crippen LogP contribution in [0.5, 0.6) is 0 Å². The fourth-order valence-corrected chi connectivity index (χ4v) is 0.787. The topological polar surface area (TPSA) is 46.5 Å². The maximum absolute atomic E-state index is 10.2. The number of carboxylic acids is 1. The van der Waals surface area contributed by atoms with E-state index in [0.29, 0.717) is 0 Å². The lowest BCUT2D eigenvalue weighted by Crippen LogP contribution is -2.19. The molecule has 0 aromatic heterocycles. The van der Waals surface area contributed by atoms with Crippen LogP contribution >= 0.6 is 0 Å². The Hall–Kier alpha value is -0.570. The minimum atomic E-state index is -0.805. The Morgan fingerprint density at radius 3 is 2.36 bits per heavy atom. The highest BCUT2D eigenvalue weighted by Gasteiger charge is 2.10. The van der Waals surface area contributed by atoms with E-state index in [0.717, 1.165) is 6.42 Å². The number of hydrogen-bond donors (Lipinski definition) is 1. The normalized spacial score (nSPS) is 15.9. The van der Waals surface area contributed by atoms with E-state index in [-0.39, 0.29) is 18.6 Å². The number of carbonyl (C=O) groups is 1. The van der Waals surface area contributed by atoms with Crippen molar-refractivity contribution in [2.75, 3.05) is 0 Å². The largest absolute Gasteiger partial charge is 0.481 e. The molecule has 3 heteroatoms. The summed E-state index contributed by atoms with van der Waals surface area (Å²) < 4.78 is 5.33. The van der Waals surface area contributed by atoms with Crippen molar-refractivity contribution in [3.05, 3.63) is 0 Å². The fraction of sp³-hybridized carbons (Fsp3) is 0.875. The molecular weight excluding hydrogens is 144 g/mol. The van der Waals surface area contributed by atoms with Gasteiger partial charge in [-0.3, -0.25) is 4.79 Å².